The molecular weight excluding hydrogens is 174 g/mol. The molecule has 0 aliphatic rings. The molecule has 0 aromatic heterocycles. The fourth-order valence-electron chi connectivity index (χ4n) is 0.645. The van der Waals surface area contributed by atoms with Gasteiger partial charge in [0.2, 0.25) is 5.91 Å². The molecule has 0 aromatic rings. The highest BCUT2D eigenvalue weighted by Gasteiger charge is 2.26. The normalized spacial score (nSPS) is 13.5. The van der Waals surface area contributed by atoms with Crippen LogP contribution in [-0.2, 0) is 9.59 Å². The van der Waals surface area contributed by atoms with Gasteiger partial charge in [-0.25, -0.2) is 0 Å². The summed E-state index contributed by atoms with van der Waals surface area (Å²) in [4.78, 5) is 21.1. The van der Waals surface area contributed by atoms with Gasteiger partial charge in [0.25, 0.3) is 0 Å². The van der Waals surface area contributed by atoms with Gasteiger partial charge in [0.05, 0.1) is 11.6 Å². The number of rotatable bonds is 4. The zero-order chi connectivity index (χ0) is 10.6. The number of hydrogen-bond donors (Lipinski definition) is 3. The molecule has 0 bridgehead atoms. The summed E-state index contributed by atoms with van der Waals surface area (Å²) >= 11 is 0. The summed E-state index contributed by atoms with van der Waals surface area (Å²) < 4.78 is 0. The first-order chi connectivity index (χ1) is 5.75. The Hall–Kier alpha value is -1.10. The highest BCUT2D eigenvalue weighted by atomic mass is 16.4. The summed E-state index contributed by atoms with van der Waals surface area (Å²) in [6.45, 7) is 4.77. The van der Waals surface area contributed by atoms with Gasteiger partial charge in [-0.05, 0) is 20.8 Å². The Bertz CT molecular complexity index is 210. The Morgan fingerprint density at radius 3 is 2.23 bits per heavy atom. The number of nitrogens with one attached hydrogen (secondary N) is 1. The zero-order valence-electron chi connectivity index (χ0n) is 8.00. The van der Waals surface area contributed by atoms with Gasteiger partial charge in [-0.15, -0.1) is 0 Å². The van der Waals surface area contributed by atoms with Crippen LogP contribution in [0.1, 0.15) is 27.2 Å². The maximum absolute atomic E-state index is 11.0. The summed E-state index contributed by atoms with van der Waals surface area (Å²) in [5, 5.41) is 19.9. The summed E-state index contributed by atoms with van der Waals surface area (Å²) in [6.07, 6.45) is -1.30. The molecule has 0 fully saturated rings. The number of carbonyl (C=O) groups excluding carboxylic acids is 1. The fraction of sp³-hybridized carbons (Fsp3) is 0.750. The average Bonchev–Trinajstić information content (AvgIpc) is 1.82. The zero-order valence-corrected chi connectivity index (χ0v) is 8.00. The van der Waals surface area contributed by atoms with E-state index in [1.54, 1.807) is 13.8 Å². The van der Waals surface area contributed by atoms with Crippen molar-refractivity contribution in [2.75, 3.05) is 0 Å². The summed E-state index contributed by atoms with van der Waals surface area (Å²) in [5.74, 6) is -1.78. The molecule has 3 N–H and O–H groups in total. The first-order valence-corrected chi connectivity index (χ1v) is 3.96. The summed E-state index contributed by atoms with van der Waals surface area (Å²) in [5.41, 5.74) is -0.799. The van der Waals surface area contributed by atoms with Gasteiger partial charge in [0, 0.05) is 0 Å². The molecule has 1 unspecified atom stereocenters. The second-order valence-corrected chi connectivity index (χ2v) is 3.52. The van der Waals surface area contributed by atoms with Crippen molar-refractivity contribution in [3.8, 4) is 0 Å². The molecule has 76 valence electrons. The van der Waals surface area contributed by atoms with E-state index in [1.807, 2.05) is 0 Å². The van der Waals surface area contributed by atoms with Crippen molar-refractivity contribution in [1.82, 2.24) is 5.32 Å². The highest BCUT2D eigenvalue weighted by Crippen LogP contribution is 2.08. The van der Waals surface area contributed by atoms with E-state index in [-0.39, 0.29) is 0 Å². The standard InChI is InChI=1S/C8H15NO4/c1-5(10)8(2,3)9-6(11)4-7(12)13/h5,10H,4H2,1-3H3,(H,9,11)(H,12,13). The molecule has 1 atom stereocenters. The summed E-state index contributed by atoms with van der Waals surface area (Å²) in [6, 6.07) is 0. The van der Waals surface area contributed by atoms with Gasteiger partial charge in [-0.1, -0.05) is 0 Å². The van der Waals surface area contributed by atoms with Crippen LogP contribution in [0.3, 0.4) is 0 Å². The van der Waals surface area contributed by atoms with E-state index in [2.05, 4.69) is 5.32 Å². The number of carboxylic acids is 1. The number of carbonyl (C=O) groups is 2. The van der Waals surface area contributed by atoms with Gasteiger partial charge in [0.1, 0.15) is 6.42 Å². The first kappa shape index (κ1) is 11.9. The molecule has 0 rings (SSSR count). The molecule has 0 spiro atoms. The Balaban J connectivity index is 4.12. The van der Waals surface area contributed by atoms with Gasteiger partial charge in [-0.3, -0.25) is 9.59 Å². The van der Waals surface area contributed by atoms with Crippen LogP contribution in [0, 0.1) is 0 Å². The molecule has 0 aliphatic carbocycles. The van der Waals surface area contributed by atoms with E-state index >= 15 is 0 Å². The molecule has 0 aliphatic heterocycles. The van der Waals surface area contributed by atoms with E-state index in [1.165, 1.54) is 6.92 Å². The lowest BCUT2D eigenvalue weighted by atomic mass is 9.98. The third-order valence-corrected chi connectivity index (χ3v) is 1.82. The number of carboxylic acid groups (broad SMARTS) is 1. The monoisotopic (exact) mass is 189 g/mol. The minimum absolute atomic E-state index is 0.573. The van der Waals surface area contributed by atoms with E-state index in [4.69, 9.17) is 5.11 Å². The number of hydrogen-bond acceptors (Lipinski definition) is 3. The van der Waals surface area contributed by atoms with Gasteiger partial charge in [0.15, 0.2) is 0 Å². The minimum atomic E-state index is -1.18. The molecule has 0 saturated carbocycles. The first-order valence-electron chi connectivity index (χ1n) is 3.96. The number of amides is 1. The Morgan fingerprint density at radius 1 is 1.46 bits per heavy atom. The molecule has 5 heteroatoms. The maximum Gasteiger partial charge on any atom is 0.312 e. The van der Waals surface area contributed by atoms with Gasteiger partial charge >= 0.3 is 5.97 Å². The number of aliphatic hydroxyl groups is 1. The van der Waals surface area contributed by atoms with Crippen LogP contribution in [0.4, 0.5) is 0 Å². The average molecular weight is 189 g/mol. The van der Waals surface area contributed by atoms with Crippen molar-refractivity contribution < 1.29 is 19.8 Å². The van der Waals surface area contributed by atoms with E-state index < -0.39 is 29.9 Å². The molecule has 5 nitrogen and oxygen atoms in total. The van der Waals surface area contributed by atoms with Crippen molar-refractivity contribution in [3.05, 3.63) is 0 Å². The quantitative estimate of drug-likeness (QED) is 0.531. The third-order valence-electron chi connectivity index (χ3n) is 1.82. The predicted octanol–water partition coefficient (Wildman–Crippen LogP) is -0.263. The Kier molecular flexibility index (Phi) is 3.87. The predicted molar refractivity (Wildman–Crippen MR) is 46.2 cm³/mol. The van der Waals surface area contributed by atoms with Crippen LogP contribution >= 0.6 is 0 Å². The highest BCUT2D eigenvalue weighted by molar-refractivity contribution is 5.93. The lowest BCUT2D eigenvalue weighted by Gasteiger charge is -2.28. The second-order valence-electron chi connectivity index (χ2n) is 3.52. The van der Waals surface area contributed by atoms with Gasteiger partial charge in [-0.2, -0.15) is 0 Å². The van der Waals surface area contributed by atoms with Crippen molar-refractivity contribution in [2.24, 2.45) is 0 Å². The van der Waals surface area contributed by atoms with Crippen molar-refractivity contribution in [1.29, 1.82) is 0 Å². The fourth-order valence-corrected chi connectivity index (χ4v) is 0.645. The maximum atomic E-state index is 11.0. The van der Waals surface area contributed by atoms with E-state index in [0.717, 1.165) is 0 Å². The van der Waals surface area contributed by atoms with Gasteiger partial charge < -0.3 is 15.5 Å². The molecule has 0 radical (unpaired) electrons. The van der Waals surface area contributed by atoms with Crippen molar-refractivity contribution >= 4 is 11.9 Å². The lowest BCUT2D eigenvalue weighted by Crippen LogP contribution is -2.51. The SMILES string of the molecule is CC(O)C(C)(C)NC(=O)CC(=O)O. The Labute approximate surface area is 76.8 Å². The van der Waals surface area contributed by atoms with Crippen LogP contribution in [0.5, 0.6) is 0 Å². The molecule has 1 amide bonds. The minimum Gasteiger partial charge on any atom is -0.481 e. The van der Waals surface area contributed by atoms with Crippen LogP contribution in [-0.4, -0.2) is 33.7 Å². The molecule has 0 aromatic carbocycles. The molecule has 0 saturated heterocycles. The molecular formula is C8H15NO4. The molecule has 13 heavy (non-hydrogen) atoms. The van der Waals surface area contributed by atoms with E-state index in [0.29, 0.717) is 0 Å². The largest absolute Gasteiger partial charge is 0.481 e. The topological polar surface area (TPSA) is 86.6 Å². The summed E-state index contributed by atoms with van der Waals surface area (Å²) in [7, 11) is 0. The Morgan fingerprint density at radius 2 is 1.92 bits per heavy atom. The molecule has 0 heterocycles. The van der Waals surface area contributed by atoms with Crippen LogP contribution in [0.2, 0.25) is 0 Å². The van der Waals surface area contributed by atoms with Crippen molar-refractivity contribution in [3.63, 3.8) is 0 Å². The second kappa shape index (κ2) is 4.23. The van der Waals surface area contributed by atoms with Crippen LogP contribution in [0.15, 0.2) is 0 Å². The third kappa shape index (κ3) is 4.47. The smallest absolute Gasteiger partial charge is 0.312 e. The van der Waals surface area contributed by atoms with Crippen LogP contribution in [0.25, 0.3) is 0 Å². The van der Waals surface area contributed by atoms with Crippen molar-refractivity contribution in [2.45, 2.75) is 38.8 Å². The number of aliphatic carboxylic acids is 1. The lowest BCUT2D eigenvalue weighted by molar-refractivity contribution is -0.141. The number of aliphatic hydroxyl groups excluding tert-OH is 1. The van der Waals surface area contributed by atoms with Crippen LogP contribution < -0.4 is 5.32 Å². The van der Waals surface area contributed by atoms with E-state index in [9.17, 15) is 14.7 Å².